The number of nitrogens with two attached hydrogens (primary N) is 1. The van der Waals surface area contributed by atoms with Gasteiger partial charge in [0, 0.05) is 7.05 Å². The first-order chi connectivity index (χ1) is 18.4. The fourth-order valence-corrected chi connectivity index (χ4v) is 5.27. The molecule has 14 nitrogen and oxygen atoms in total. The van der Waals surface area contributed by atoms with Crippen molar-refractivity contribution in [2.45, 2.75) is 51.0 Å². The zero-order valence-corrected chi connectivity index (χ0v) is 22.7. The van der Waals surface area contributed by atoms with Gasteiger partial charge in [-0.3, -0.25) is 13.9 Å². The van der Waals surface area contributed by atoms with Crippen molar-refractivity contribution < 1.29 is 37.4 Å². The standard InChI is InChI=1S/C23H31FN7O7P/c1-13(2)36-16(32)10-28-39(34,38-14-8-6-5-7-9-14)35-11-15-18(33)23(3,24)21(37-15)31-12-27-17-19(26-4)29-22(25)30-20(17)31/h5-9,12-13,15,18,21,33H,10-11H2,1-4H3,(H,28,34)(H3,25,26,29,30)/t15-,18-,21-,23-,39?/m1/s1. The minimum Gasteiger partial charge on any atom is -0.462 e. The van der Waals surface area contributed by atoms with Crippen LogP contribution in [0.1, 0.15) is 27.0 Å². The molecule has 39 heavy (non-hydrogen) atoms. The quantitative estimate of drug-likeness (QED) is 0.195. The molecule has 0 radical (unpaired) electrons. The number of ether oxygens (including phenoxy) is 2. The van der Waals surface area contributed by atoms with Crippen LogP contribution in [0.4, 0.5) is 16.2 Å². The Bertz CT molecular complexity index is 1360. The predicted molar refractivity (Wildman–Crippen MR) is 139 cm³/mol. The summed E-state index contributed by atoms with van der Waals surface area (Å²) >= 11 is 0. The van der Waals surface area contributed by atoms with Gasteiger partial charge >= 0.3 is 13.7 Å². The second-order valence-electron chi connectivity index (χ2n) is 9.20. The van der Waals surface area contributed by atoms with Crippen LogP contribution in [-0.4, -0.2) is 74.8 Å². The smallest absolute Gasteiger partial charge is 0.459 e. The summed E-state index contributed by atoms with van der Waals surface area (Å²) in [5.74, 6) is -0.243. The van der Waals surface area contributed by atoms with E-state index in [1.165, 1.54) is 23.0 Å². The normalized spacial score (nSPS) is 24.5. The van der Waals surface area contributed by atoms with Crippen LogP contribution in [0.15, 0.2) is 36.7 Å². The Labute approximate surface area is 223 Å². The molecule has 1 aromatic carbocycles. The fraction of sp³-hybridized carbons (Fsp3) is 0.478. The van der Waals surface area contributed by atoms with Crippen molar-refractivity contribution >= 4 is 36.6 Å². The highest BCUT2D eigenvalue weighted by Crippen LogP contribution is 2.47. The molecule has 1 aliphatic heterocycles. The number of nitrogens with zero attached hydrogens (tertiary/aromatic N) is 4. The van der Waals surface area contributed by atoms with Gasteiger partial charge in [-0.15, -0.1) is 0 Å². The number of benzene rings is 1. The zero-order valence-electron chi connectivity index (χ0n) is 21.8. The molecule has 1 saturated heterocycles. The molecule has 0 amide bonds. The highest BCUT2D eigenvalue weighted by Gasteiger charge is 2.56. The molecule has 1 aliphatic rings. The summed E-state index contributed by atoms with van der Waals surface area (Å²) in [5, 5.41) is 16.1. The second kappa shape index (κ2) is 11.4. The third kappa shape index (κ3) is 6.28. The molecule has 0 spiro atoms. The first kappa shape index (κ1) is 28.6. The molecule has 0 saturated carbocycles. The molecule has 3 heterocycles. The Hall–Kier alpha value is -3.36. The van der Waals surface area contributed by atoms with Crippen molar-refractivity contribution in [2.75, 3.05) is 31.2 Å². The summed E-state index contributed by atoms with van der Waals surface area (Å²) in [6.07, 6.45) is -3.49. The van der Waals surface area contributed by atoms with Crippen LogP contribution >= 0.6 is 7.75 Å². The van der Waals surface area contributed by atoms with Crippen LogP contribution in [0, 0.1) is 0 Å². The van der Waals surface area contributed by atoms with Gasteiger partial charge in [0.05, 0.1) is 19.0 Å². The monoisotopic (exact) mass is 567 g/mol. The van der Waals surface area contributed by atoms with Crippen LogP contribution in [0.2, 0.25) is 0 Å². The number of carbonyl (C=O) groups excluding carboxylic acids is 1. The lowest BCUT2D eigenvalue weighted by Crippen LogP contribution is -2.41. The molecular formula is C23H31FN7O7P. The molecule has 0 bridgehead atoms. The minimum absolute atomic E-state index is 0.0753. The van der Waals surface area contributed by atoms with E-state index >= 15 is 4.39 Å². The highest BCUT2D eigenvalue weighted by atomic mass is 31.2. The average Bonchev–Trinajstić information content (AvgIpc) is 3.39. The summed E-state index contributed by atoms with van der Waals surface area (Å²) in [7, 11) is -2.60. The first-order valence-electron chi connectivity index (χ1n) is 12.1. The number of anilines is 2. The van der Waals surface area contributed by atoms with Gasteiger partial charge in [-0.1, -0.05) is 18.2 Å². The maximum atomic E-state index is 15.9. The predicted octanol–water partition coefficient (Wildman–Crippen LogP) is 2.18. The van der Waals surface area contributed by atoms with Gasteiger partial charge in [-0.2, -0.15) is 9.97 Å². The molecular weight excluding hydrogens is 536 g/mol. The Morgan fingerprint density at radius 1 is 1.33 bits per heavy atom. The summed E-state index contributed by atoms with van der Waals surface area (Å²) in [5.41, 5.74) is 3.94. The Morgan fingerprint density at radius 3 is 2.72 bits per heavy atom. The van der Waals surface area contributed by atoms with Gasteiger partial charge in [0.25, 0.3) is 0 Å². The van der Waals surface area contributed by atoms with Crippen molar-refractivity contribution in [3.63, 3.8) is 0 Å². The SMILES string of the molecule is CNc1nc(N)nc2c1ncn2[C@@H]1O[C@H](COP(=O)(NCC(=O)OC(C)C)Oc2ccccc2)[C@@H](O)[C@@]1(C)F. The Morgan fingerprint density at radius 2 is 2.05 bits per heavy atom. The molecule has 16 heteroatoms. The topological polar surface area (TPSA) is 185 Å². The fourth-order valence-electron chi connectivity index (χ4n) is 3.99. The Kier molecular flexibility index (Phi) is 8.37. The number of rotatable bonds is 11. The molecule has 5 atom stereocenters. The van der Waals surface area contributed by atoms with Gasteiger partial charge in [-0.05, 0) is 32.9 Å². The van der Waals surface area contributed by atoms with Crippen LogP contribution < -0.4 is 20.7 Å². The average molecular weight is 568 g/mol. The summed E-state index contributed by atoms with van der Waals surface area (Å²) < 4.78 is 52.7. The number of aromatic nitrogens is 4. The van der Waals surface area contributed by atoms with E-state index < -0.39 is 51.0 Å². The lowest BCUT2D eigenvalue weighted by molar-refractivity contribution is -0.146. The van der Waals surface area contributed by atoms with Gasteiger partial charge in [-0.25, -0.2) is 19.0 Å². The number of para-hydroxylation sites is 1. The summed E-state index contributed by atoms with van der Waals surface area (Å²) in [4.78, 5) is 24.5. The number of fused-ring (bicyclic) bond motifs is 1. The number of aliphatic hydroxyl groups excluding tert-OH is 1. The molecule has 2 aromatic heterocycles. The van der Waals surface area contributed by atoms with Crippen LogP contribution in [0.25, 0.3) is 11.2 Å². The van der Waals surface area contributed by atoms with E-state index in [0.717, 1.165) is 6.92 Å². The lowest BCUT2D eigenvalue weighted by atomic mass is 9.98. The van der Waals surface area contributed by atoms with Crippen LogP contribution in [-0.2, 0) is 23.4 Å². The molecule has 1 fully saturated rings. The maximum Gasteiger partial charge on any atom is 0.459 e. The van der Waals surface area contributed by atoms with E-state index in [4.69, 9.17) is 24.3 Å². The lowest BCUT2D eigenvalue weighted by Gasteiger charge is -2.24. The maximum absolute atomic E-state index is 15.9. The van der Waals surface area contributed by atoms with Gasteiger partial charge in [0.1, 0.15) is 24.5 Å². The minimum atomic E-state index is -4.22. The van der Waals surface area contributed by atoms with E-state index in [2.05, 4.69) is 25.4 Å². The van der Waals surface area contributed by atoms with E-state index in [1.54, 1.807) is 39.1 Å². The van der Waals surface area contributed by atoms with Crippen molar-refractivity contribution in [1.29, 1.82) is 0 Å². The summed E-state index contributed by atoms with van der Waals surface area (Å²) in [6, 6.07) is 8.12. The van der Waals surface area contributed by atoms with Crippen molar-refractivity contribution in [3.8, 4) is 5.75 Å². The Balaban J connectivity index is 1.54. The molecule has 5 N–H and O–H groups in total. The number of hydrogen-bond donors (Lipinski definition) is 4. The van der Waals surface area contributed by atoms with Crippen molar-refractivity contribution in [3.05, 3.63) is 36.7 Å². The van der Waals surface area contributed by atoms with Gasteiger partial charge in [0.15, 0.2) is 28.9 Å². The third-order valence-corrected chi connectivity index (χ3v) is 7.29. The van der Waals surface area contributed by atoms with Gasteiger partial charge in [0.2, 0.25) is 5.95 Å². The number of carbonyl (C=O) groups is 1. The van der Waals surface area contributed by atoms with E-state index in [-0.39, 0.29) is 23.4 Å². The number of esters is 1. The first-order valence-corrected chi connectivity index (χ1v) is 13.6. The van der Waals surface area contributed by atoms with Crippen molar-refractivity contribution in [2.24, 2.45) is 0 Å². The van der Waals surface area contributed by atoms with Crippen LogP contribution in [0.3, 0.4) is 0 Å². The second-order valence-corrected chi connectivity index (χ2v) is 11.0. The van der Waals surface area contributed by atoms with Gasteiger partial charge < -0.3 is 30.2 Å². The number of halogens is 1. The number of nitrogen functional groups attached to an aromatic ring is 1. The zero-order chi connectivity index (χ0) is 28.4. The molecule has 4 rings (SSSR count). The van der Waals surface area contributed by atoms with E-state index in [9.17, 15) is 14.5 Å². The molecule has 3 aromatic rings. The highest BCUT2D eigenvalue weighted by molar-refractivity contribution is 7.52. The molecule has 212 valence electrons. The number of aliphatic hydroxyl groups is 1. The van der Waals surface area contributed by atoms with E-state index in [1.807, 2.05) is 0 Å². The van der Waals surface area contributed by atoms with Crippen LogP contribution in [0.5, 0.6) is 5.75 Å². The largest absolute Gasteiger partial charge is 0.462 e. The number of nitrogens with one attached hydrogen (secondary N) is 2. The number of alkyl halides is 1. The van der Waals surface area contributed by atoms with E-state index in [0.29, 0.717) is 11.3 Å². The molecule has 1 unspecified atom stereocenters. The number of imidazole rings is 1. The summed E-state index contributed by atoms with van der Waals surface area (Å²) in [6.45, 7) is 3.44. The third-order valence-electron chi connectivity index (χ3n) is 5.81. The molecule has 0 aliphatic carbocycles. The van der Waals surface area contributed by atoms with Crippen molar-refractivity contribution in [1.82, 2.24) is 24.6 Å². The number of hydrogen-bond acceptors (Lipinski definition) is 12.